The molecule has 0 aromatic heterocycles. The maximum absolute atomic E-state index is 11.6. The third-order valence-corrected chi connectivity index (χ3v) is 6.63. The van der Waals surface area contributed by atoms with Crippen LogP contribution in [0.4, 0.5) is 0 Å². The second-order valence-corrected chi connectivity index (χ2v) is 9.86. The van der Waals surface area contributed by atoms with E-state index in [1.54, 1.807) is 30.0 Å². The summed E-state index contributed by atoms with van der Waals surface area (Å²) in [5, 5.41) is 18.7. The Hall–Kier alpha value is -1.96. The van der Waals surface area contributed by atoms with E-state index in [4.69, 9.17) is 0 Å². The molecule has 0 aliphatic heterocycles. The molecule has 0 spiro atoms. The number of rotatable bonds is 15. The van der Waals surface area contributed by atoms with Gasteiger partial charge in [-0.1, -0.05) is 47.1 Å². The summed E-state index contributed by atoms with van der Waals surface area (Å²) >= 11 is 2.59. The Morgan fingerprint density at radius 2 is 1.59 bits per heavy atom. The molecule has 1 aromatic rings. The van der Waals surface area contributed by atoms with Gasteiger partial charge in [0.25, 0.3) is 0 Å². The molecule has 1 aromatic carbocycles. The van der Waals surface area contributed by atoms with Crippen molar-refractivity contribution in [2.75, 3.05) is 11.5 Å². The molecule has 0 aliphatic carbocycles. The van der Waals surface area contributed by atoms with Gasteiger partial charge in [0.1, 0.15) is 6.04 Å². The molecule has 32 heavy (non-hydrogen) atoms. The van der Waals surface area contributed by atoms with Crippen molar-refractivity contribution in [1.29, 1.82) is 0 Å². The number of carbonyl (C=O) groups is 2. The first-order chi connectivity index (χ1) is 15.2. The van der Waals surface area contributed by atoms with Crippen LogP contribution in [0.2, 0.25) is 0 Å². The van der Waals surface area contributed by atoms with Gasteiger partial charge in [-0.05, 0) is 77.5 Å². The number of hydrogen-bond acceptors (Lipinski definition) is 5. The van der Waals surface area contributed by atoms with Crippen molar-refractivity contribution in [2.45, 2.75) is 64.3 Å². The van der Waals surface area contributed by atoms with Crippen molar-refractivity contribution in [3.05, 3.63) is 64.8 Å². The fraction of sp³-hybridized carbons (Fsp3) is 0.440. The van der Waals surface area contributed by atoms with E-state index < -0.39 is 18.0 Å². The van der Waals surface area contributed by atoms with Crippen LogP contribution >= 0.6 is 23.7 Å². The molecule has 1 rings (SSSR count). The van der Waals surface area contributed by atoms with Crippen molar-refractivity contribution in [1.82, 2.24) is 4.72 Å². The van der Waals surface area contributed by atoms with Gasteiger partial charge >= 0.3 is 11.9 Å². The number of nitrogens with one attached hydrogen (secondary N) is 1. The zero-order valence-electron chi connectivity index (χ0n) is 19.4. The highest BCUT2D eigenvalue weighted by Crippen LogP contribution is 2.21. The second kappa shape index (κ2) is 15.8. The average molecular weight is 478 g/mol. The zero-order valence-corrected chi connectivity index (χ0v) is 21.0. The topological polar surface area (TPSA) is 86.6 Å². The number of benzene rings is 1. The molecule has 0 heterocycles. The first-order valence-corrected chi connectivity index (χ1v) is 12.7. The van der Waals surface area contributed by atoms with Crippen molar-refractivity contribution < 1.29 is 19.8 Å². The maximum Gasteiger partial charge on any atom is 0.336 e. The molecule has 5 nitrogen and oxygen atoms in total. The van der Waals surface area contributed by atoms with E-state index >= 15 is 0 Å². The number of carboxylic acids is 2. The molecule has 0 saturated heterocycles. The van der Waals surface area contributed by atoms with Crippen LogP contribution < -0.4 is 4.72 Å². The van der Waals surface area contributed by atoms with E-state index in [-0.39, 0.29) is 5.56 Å². The maximum atomic E-state index is 11.6. The second-order valence-electron chi connectivity index (χ2n) is 7.91. The van der Waals surface area contributed by atoms with Gasteiger partial charge in [0, 0.05) is 16.4 Å². The lowest BCUT2D eigenvalue weighted by Gasteiger charge is -2.14. The van der Waals surface area contributed by atoms with E-state index in [1.165, 1.54) is 22.8 Å². The highest BCUT2D eigenvalue weighted by atomic mass is 32.2. The third kappa shape index (κ3) is 12.2. The van der Waals surface area contributed by atoms with Gasteiger partial charge in [0.05, 0.1) is 5.56 Å². The minimum Gasteiger partial charge on any atom is -0.480 e. The molecular formula is C25H35NO4S2. The number of aliphatic carboxylic acids is 1. The van der Waals surface area contributed by atoms with Gasteiger partial charge in [0.2, 0.25) is 0 Å². The van der Waals surface area contributed by atoms with Gasteiger partial charge in [-0.15, -0.1) is 0 Å². The molecule has 3 N–H and O–H groups in total. The molecule has 0 aliphatic rings. The molecule has 176 valence electrons. The Labute approximate surface area is 200 Å². The SMILES string of the molecule is CC(C)=CCC/C(C)=C/CC/C(C)=C/CSCC(NSc1ccccc1C(=O)O)C(=O)O. The van der Waals surface area contributed by atoms with E-state index in [1.807, 2.05) is 0 Å². The number of aromatic carboxylic acids is 1. The third-order valence-electron chi connectivity index (χ3n) is 4.68. The monoisotopic (exact) mass is 477 g/mol. The molecular weight excluding hydrogens is 442 g/mol. The average Bonchev–Trinajstić information content (AvgIpc) is 2.72. The summed E-state index contributed by atoms with van der Waals surface area (Å²) in [5.41, 5.74) is 4.23. The molecule has 1 atom stereocenters. The smallest absolute Gasteiger partial charge is 0.336 e. The van der Waals surface area contributed by atoms with Crippen LogP contribution in [0.1, 0.15) is 63.7 Å². The van der Waals surface area contributed by atoms with Crippen LogP contribution in [0, 0.1) is 0 Å². The number of allylic oxidation sites excluding steroid dienone is 5. The van der Waals surface area contributed by atoms with Crippen molar-refractivity contribution in [2.24, 2.45) is 0 Å². The van der Waals surface area contributed by atoms with E-state index in [2.05, 4.69) is 50.6 Å². The first kappa shape index (κ1) is 28.1. The summed E-state index contributed by atoms with van der Waals surface area (Å²) in [4.78, 5) is 23.3. The summed E-state index contributed by atoms with van der Waals surface area (Å²) in [7, 11) is 0. The largest absolute Gasteiger partial charge is 0.480 e. The van der Waals surface area contributed by atoms with Crippen molar-refractivity contribution in [3.63, 3.8) is 0 Å². The summed E-state index contributed by atoms with van der Waals surface area (Å²) < 4.78 is 2.89. The van der Waals surface area contributed by atoms with Crippen molar-refractivity contribution in [3.8, 4) is 0 Å². The Balaban J connectivity index is 2.40. The van der Waals surface area contributed by atoms with Gasteiger partial charge in [-0.2, -0.15) is 11.8 Å². The molecule has 0 bridgehead atoms. The molecule has 7 heteroatoms. The van der Waals surface area contributed by atoms with Crippen LogP contribution in [0.3, 0.4) is 0 Å². The van der Waals surface area contributed by atoms with Crippen LogP contribution in [0.5, 0.6) is 0 Å². The molecule has 1 unspecified atom stereocenters. The van der Waals surface area contributed by atoms with Crippen LogP contribution in [-0.4, -0.2) is 39.7 Å². The predicted octanol–water partition coefficient (Wildman–Crippen LogP) is 6.59. The number of thioether (sulfide) groups is 1. The number of hydrogen-bond donors (Lipinski definition) is 3. The lowest BCUT2D eigenvalue weighted by Crippen LogP contribution is -2.34. The molecule has 0 fully saturated rings. The lowest BCUT2D eigenvalue weighted by molar-refractivity contribution is -0.138. The van der Waals surface area contributed by atoms with E-state index in [0.717, 1.165) is 43.4 Å². The fourth-order valence-corrected chi connectivity index (χ4v) is 4.72. The minimum absolute atomic E-state index is 0.154. The standard InChI is InChI=1S/C25H35NO4S2/c1-18(2)9-7-10-19(3)11-8-12-20(4)15-16-31-17-22(25(29)30)26-32-23-14-6-5-13-21(23)24(27)28/h5-6,9,11,13-15,22,26H,7-8,10,12,16-17H2,1-4H3,(H,27,28)(H,29,30)/b19-11+,20-15+. The van der Waals surface area contributed by atoms with Gasteiger partial charge in [-0.3, -0.25) is 4.79 Å². The molecule has 0 amide bonds. The van der Waals surface area contributed by atoms with Crippen LogP contribution in [0.15, 0.2) is 64.1 Å². The fourth-order valence-electron chi connectivity index (χ4n) is 2.75. The Morgan fingerprint density at radius 3 is 2.22 bits per heavy atom. The summed E-state index contributed by atoms with van der Waals surface area (Å²) in [6, 6.07) is 5.77. The van der Waals surface area contributed by atoms with E-state index in [0.29, 0.717) is 10.6 Å². The summed E-state index contributed by atoms with van der Waals surface area (Å²) in [6.07, 6.45) is 10.9. The quantitative estimate of drug-likeness (QED) is 0.149. The minimum atomic E-state index is -1.03. The molecule has 0 radical (unpaired) electrons. The van der Waals surface area contributed by atoms with Crippen molar-refractivity contribution >= 4 is 35.6 Å². The van der Waals surface area contributed by atoms with Gasteiger partial charge in [-0.25, -0.2) is 9.52 Å². The zero-order chi connectivity index (χ0) is 23.9. The Kier molecular flexibility index (Phi) is 13.8. The van der Waals surface area contributed by atoms with Crippen LogP contribution in [-0.2, 0) is 4.79 Å². The van der Waals surface area contributed by atoms with E-state index in [9.17, 15) is 19.8 Å². The Morgan fingerprint density at radius 1 is 0.969 bits per heavy atom. The van der Waals surface area contributed by atoms with Gasteiger partial charge in [0.15, 0.2) is 0 Å². The lowest BCUT2D eigenvalue weighted by atomic mass is 10.1. The summed E-state index contributed by atoms with van der Waals surface area (Å²) in [5.74, 6) is -0.844. The summed E-state index contributed by atoms with van der Waals surface area (Å²) in [6.45, 7) is 8.53. The normalized spacial score (nSPS) is 13.0. The van der Waals surface area contributed by atoms with Gasteiger partial charge < -0.3 is 10.2 Å². The first-order valence-electron chi connectivity index (χ1n) is 10.7. The molecule has 0 saturated carbocycles. The highest BCUT2D eigenvalue weighted by Gasteiger charge is 2.18. The highest BCUT2D eigenvalue weighted by molar-refractivity contribution is 7.99. The number of carboxylic acid groups (broad SMARTS) is 2. The van der Waals surface area contributed by atoms with Crippen LogP contribution in [0.25, 0.3) is 0 Å². The predicted molar refractivity (Wildman–Crippen MR) is 137 cm³/mol. The Bertz CT molecular complexity index is 842.